The van der Waals surface area contributed by atoms with Crippen LogP contribution in [-0.4, -0.2) is 83.5 Å². The molecule has 0 bridgehead atoms. The molecule has 0 radical (unpaired) electrons. The molecule has 0 aromatic heterocycles. The standard InChI is InChI=1S/C19H31NO6/c1-18-3-2-16(23)19(11-25-19)15(18)8-12-13(17(24)26-14(12)9-18)10-20(4-6-21)5-7-22/h12-16,21-23H,2-11H2,1H3/t12-,13?,14-,15-,16-,18-,19+/m1/s1. The fraction of sp³-hybridized carbons (Fsp3) is 0.947. The first kappa shape index (κ1) is 18.6. The summed E-state index contributed by atoms with van der Waals surface area (Å²) in [6.45, 7) is 4.25. The molecule has 0 aromatic carbocycles. The zero-order chi connectivity index (χ0) is 18.5. The van der Waals surface area contributed by atoms with Gasteiger partial charge in [-0.2, -0.15) is 0 Å². The first-order valence-electron chi connectivity index (χ1n) is 9.90. The molecule has 3 N–H and O–H groups in total. The summed E-state index contributed by atoms with van der Waals surface area (Å²) in [5.41, 5.74) is -0.369. The maximum absolute atomic E-state index is 12.6. The molecule has 4 rings (SSSR count). The molecule has 0 aromatic rings. The molecule has 7 nitrogen and oxygen atoms in total. The first-order valence-corrected chi connectivity index (χ1v) is 9.90. The van der Waals surface area contributed by atoms with Crippen molar-refractivity contribution in [2.45, 2.75) is 50.4 Å². The molecule has 1 spiro atoms. The van der Waals surface area contributed by atoms with Crippen molar-refractivity contribution < 1.29 is 29.6 Å². The largest absolute Gasteiger partial charge is 0.462 e. The lowest BCUT2D eigenvalue weighted by Crippen LogP contribution is -2.56. The number of epoxide rings is 1. The molecule has 4 fully saturated rings. The SMILES string of the molecule is C[C@]12CC[C@@H](O)[C@]3(CO3)[C@@H]1C[C@@H]1C(CN(CCO)CCO)C(=O)O[C@@H]1C2. The molecule has 4 aliphatic rings. The highest BCUT2D eigenvalue weighted by Crippen LogP contribution is 2.62. The number of nitrogens with zero attached hydrogens (tertiary/aromatic N) is 1. The van der Waals surface area contributed by atoms with Gasteiger partial charge in [-0.3, -0.25) is 9.69 Å². The highest BCUT2D eigenvalue weighted by molar-refractivity contribution is 5.75. The monoisotopic (exact) mass is 369 g/mol. The Morgan fingerprint density at radius 3 is 2.58 bits per heavy atom. The number of ether oxygens (including phenoxy) is 2. The molecule has 2 heterocycles. The highest BCUT2D eigenvalue weighted by Gasteiger charge is 2.68. The van der Waals surface area contributed by atoms with Gasteiger partial charge < -0.3 is 24.8 Å². The molecule has 2 saturated carbocycles. The zero-order valence-corrected chi connectivity index (χ0v) is 15.5. The molecular formula is C19H31NO6. The first-order chi connectivity index (χ1) is 12.4. The van der Waals surface area contributed by atoms with Crippen molar-refractivity contribution in [1.29, 1.82) is 0 Å². The maximum Gasteiger partial charge on any atom is 0.310 e. The van der Waals surface area contributed by atoms with Crippen LogP contribution in [-0.2, 0) is 14.3 Å². The Morgan fingerprint density at radius 1 is 1.27 bits per heavy atom. The fourth-order valence-corrected chi connectivity index (χ4v) is 5.98. The van der Waals surface area contributed by atoms with Gasteiger partial charge in [0.05, 0.1) is 31.8 Å². The second-order valence-electron chi connectivity index (χ2n) is 8.94. The van der Waals surface area contributed by atoms with Gasteiger partial charge in [-0.05, 0) is 37.0 Å². The van der Waals surface area contributed by atoms with Crippen LogP contribution in [0.4, 0.5) is 0 Å². The van der Waals surface area contributed by atoms with E-state index < -0.39 is 11.7 Å². The third kappa shape index (κ3) is 2.88. The average molecular weight is 369 g/mol. The summed E-state index contributed by atoms with van der Waals surface area (Å²) in [6.07, 6.45) is 2.89. The van der Waals surface area contributed by atoms with E-state index in [4.69, 9.17) is 9.47 Å². The number of carbonyl (C=O) groups is 1. The molecule has 2 saturated heterocycles. The number of carbonyl (C=O) groups excluding carboxylic acids is 1. The number of aliphatic hydroxyl groups excluding tert-OH is 3. The van der Waals surface area contributed by atoms with Gasteiger partial charge in [0.2, 0.25) is 0 Å². The summed E-state index contributed by atoms with van der Waals surface area (Å²) >= 11 is 0. The van der Waals surface area contributed by atoms with Crippen LogP contribution in [0.2, 0.25) is 0 Å². The van der Waals surface area contributed by atoms with Crippen molar-refractivity contribution in [2.75, 3.05) is 39.5 Å². The third-order valence-electron chi connectivity index (χ3n) is 7.49. The van der Waals surface area contributed by atoms with Crippen LogP contribution >= 0.6 is 0 Å². The van der Waals surface area contributed by atoms with E-state index in [9.17, 15) is 20.1 Å². The van der Waals surface area contributed by atoms with Crippen molar-refractivity contribution in [3.63, 3.8) is 0 Å². The smallest absolute Gasteiger partial charge is 0.310 e. The van der Waals surface area contributed by atoms with Crippen LogP contribution in [0.15, 0.2) is 0 Å². The predicted octanol–water partition coefficient (Wildman–Crippen LogP) is -0.229. The minimum absolute atomic E-state index is 0.000295. The van der Waals surface area contributed by atoms with Crippen molar-refractivity contribution in [3.8, 4) is 0 Å². The van der Waals surface area contributed by atoms with Gasteiger partial charge in [-0.25, -0.2) is 0 Å². The van der Waals surface area contributed by atoms with E-state index in [-0.39, 0.29) is 48.5 Å². The van der Waals surface area contributed by atoms with Gasteiger partial charge >= 0.3 is 5.97 Å². The average Bonchev–Trinajstić information content (AvgIpc) is 3.33. The van der Waals surface area contributed by atoms with Crippen LogP contribution in [0, 0.1) is 23.2 Å². The molecule has 1 unspecified atom stereocenters. The van der Waals surface area contributed by atoms with E-state index in [0.717, 1.165) is 25.7 Å². The Bertz CT molecular complexity index is 546. The third-order valence-corrected chi connectivity index (χ3v) is 7.49. The van der Waals surface area contributed by atoms with Crippen molar-refractivity contribution in [2.24, 2.45) is 23.2 Å². The van der Waals surface area contributed by atoms with Crippen LogP contribution in [0.5, 0.6) is 0 Å². The van der Waals surface area contributed by atoms with E-state index in [0.29, 0.717) is 26.2 Å². The number of rotatable bonds is 6. The number of hydrogen-bond acceptors (Lipinski definition) is 7. The van der Waals surface area contributed by atoms with Crippen molar-refractivity contribution >= 4 is 5.97 Å². The van der Waals surface area contributed by atoms with Crippen molar-refractivity contribution in [1.82, 2.24) is 4.90 Å². The molecule has 2 aliphatic heterocycles. The lowest BCUT2D eigenvalue weighted by Gasteiger charge is -2.53. The normalized spacial score (nSPS) is 47.0. The van der Waals surface area contributed by atoms with Gasteiger partial charge in [-0.15, -0.1) is 0 Å². The van der Waals surface area contributed by atoms with Gasteiger partial charge in [0.1, 0.15) is 11.7 Å². The molecule has 0 amide bonds. The van der Waals surface area contributed by atoms with E-state index >= 15 is 0 Å². The second kappa shape index (κ2) is 6.71. The Morgan fingerprint density at radius 2 is 1.96 bits per heavy atom. The highest BCUT2D eigenvalue weighted by atomic mass is 16.6. The Kier molecular flexibility index (Phi) is 4.80. The lowest BCUT2D eigenvalue weighted by molar-refractivity contribution is -0.149. The quantitative estimate of drug-likeness (QED) is 0.439. The summed E-state index contributed by atoms with van der Waals surface area (Å²) < 4.78 is 11.6. The van der Waals surface area contributed by atoms with Gasteiger partial charge in [0.15, 0.2) is 0 Å². The van der Waals surface area contributed by atoms with Crippen LogP contribution in [0.1, 0.15) is 32.6 Å². The van der Waals surface area contributed by atoms with E-state index in [1.54, 1.807) is 0 Å². The van der Waals surface area contributed by atoms with Gasteiger partial charge in [-0.1, -0.05) is 6.92 Å². The molecule has 7 atom stereocenters. The van der Waals surface area contributed by atoms with Gasteiger partial charge in [0.25, 0.3) is 0 Å². The second-order valence-corrected chi connectivity index (χ2v) is 8.94. The number of fused-ring (bicyclic) bond motifs is 3. The molecule has 148 valence electrons. The van der Waals surface area contributed by atoms with Gasteiger partial charge in [0, 0.05) is 25.6 Å². The maximum atomic E-state index is 12.6. The minimum Gasteiger partial charge on any atom is -0.462 e. The molecular weight excluding hydrogens is 338 g/mol. The topological polar surface area (TPSA) is 103 Å². The van der Waals surface area contributed by atoms with Crippen molar-refractivity contribution in [3.05, 3.63) is 0 Å². The Labute approximate surface area is 154 Å². The summed E-state index contributed by atoms with van der Waals surface area (Å²) in [5.74, 6) is -0.0278. The summed E-state index contributed by atoms with van der Waals surface area (Å²) in [7, 11) is 0. The number of esters is 1. The molecule has 2 aliphatic carbocycles. The predicted molar refractivity (Wildman–Crippen MR) is 92.2 cm³/mol. The number of aliphatic hydroxyl groups is 3. The van der Waals surface area contributed by atoms with E-state index in [1.807, 2.05) is 4.90 Å². The van der Waals surface area contributed by atoms with Crippen LogP contribution in [0.25, 0.3) is 0 Å². The van der Waals surface area contributed by atoms with Crippen LogP contribution in [0.3, 0.4) is 0 Å². The Hall–Kier alpha value is -0.730. The summed E-state index contributed by atoms with van der Waals surface area (Å²) in [4.78, 5) is 14.5. The van der Waals surface area contributed by atoms with E-state index in [1.165, 1.54) is 0 Å². The zero-order valence-electron chi connectivity index (χ0n) is 15.5. The number of hydrogen-bond donors (Lipinski definition) is 3. The molecule has 26 heavy (non-hydrogen) atoms. The van der Waals surface area contributed by atoms with Crippen LogP contribution < -0.4 is 0 Å². The summed E-state index contributed by atoms with van der Waals surface area (Å²) in [5, 5.41) is 29.0. The van der Waals surface area contributed by atoms with E-state index in [2.05, 4.69) is 6.92 Å². The fourth-order valence-electron chi connectivity index (χ4n) is 5.98. The Balaban J connectivity index is 1.53. The minimum atomic E-state index is -0.413. The molecule has 7 heteroatoms. The lowest BCUT2D eigenvalue weighted by atomic mass is 9.52. The summed E-state index contributed by atoms with van der Waals surface area (Å²) in [6, 6.07) is 0.